The van der Waals surface area contributed by atoms with Crippen molar-refractivity contribution in [2.45, 2.75) is 24.7 Å². The number of carbonyl (C=O) groups excluding carboxylic acids is 1. The van der Waals surface area contributed by atoms with Gasteiger partial charge in [-0.05, 0) is 48.7 Å². The van der Waals surface area contributed by atoms with Crippen molar-refractivity contribution in [3.63, 3.8) is 0 Å². The van der Waals surface area contributed by atoms with Crippen molar-refractivity contribution < 1.29 is 13.2 Å². The number of fused-ring (bicyclic) bond motifs is 1. The van der Waals surface area contributed by atoms with Crippen molar-refractivity contribution in [2.24, 2.45) is 0 Å². The van der Waals surface area contributed by atoms with Crippen LogP contribution in [0.2, 0.25) is 10.0 Å². The van der Waals surface area contributed by atoms with Crippen molar-refractivity contribution in [3.05, 3.63) is 51.5 Å². The smallest absolute Gasteiger partial charge is 0.263 e. The lowest BCUT2D eigenvalue weighted by Crippen LogP contribution is -2.20. The highest BCUT2D eigenvalue weighted by Crippen LogP contribution is 2.33. The number of nitrogens with one attached hydrogen (secondary N) is 2. The first-order valence-electron chi connectivity index (χ1n) is 7.17. The number of aryl methyl sites for hydroxylation is 2. The second-order valence-electron chi connectivity index (χ2n) is 5.56. The summed E-state index contributed by atoms with van der Waals surface area (Å²) in [6, 6.07) is 7.82. The van der Waals surface area contributed by atoms with Crippen LogP contribution in [0, 0.1) is 6.92 Å². The molecule has 0 aromatic heterocycles. The zero-order valence-electron chi connectivity index (χ0n) is 12.7. The average molecular weight is 385 g/mol. The van der Waals surface area contributed by atoms with Gasteiger partial charge in [0, 0.05) is 17.1 Å². The Kier molecular flexibility index (Phi) is 4.46. The third kappa shape index (κ3) is 3.36. The third-order valence-corrected chi connectivity index (χ3v) is 6.02. The Balaban J connectivity index is 1.98. The first-order chi connectivity index (χ1) is 11.3. The van der Waals surface area contributed by atoms with E-state index in [2.05, 4.69) is 10.0 Å². The molecule has 1 aliphatic rings. The molecular weight excluding hydrogens is 371 g/mol. The molecule has 0 saturated heterocycles. The summed E-state index contributed by atoms with van der Waals surface area (Å²) in [5, 5.41) is 3.23. The van der Waals surface area contributed by atoms with Crippen molar-refractivity contribution in [2.75, 3.05) is 10.0 Å². The Morgan fingerprint density at radius 2 is 1.83 bits per heavy atom. The molecule has 0 unspecified atom stereocenters. The molecule has 1 amide bonds. The monoisotopic (exact) mass is 384 g/mol. The molecule has 0 saturated carbocycles. The minimum atomic E-state index is -3.92. The summed E-state index contributed by atoms with van der Waals surface area (Å²) in [7, 11) is -3.92. The number of hydrogen-bond acceptors (Lipinski definition) is 3. The maximum atomic E-state index is 12.6. The summed E-state index contributed by atoms with van der Waals surface area (Å²) >= 11 is 12.2. The fraction of sp³-hybridized carbons (Fsp3) is 0.188. The van der Waals surface area contributed by atoms with Gasteiger partial charge < -0.3 is 5.32 Å². The molecule has 3 rings (SSSR count). The highest BCUT2D eigenvalue weighted by Gasteiger charge is 2.23. The summed E-state index contributed by atoms with van der Waals surface area (Å²) in [6.45, 7) is 1.82. The second kappa shape index (κ2) is 6.27. The molecule has 1 aliphatic heterocycles. The Bertz CT molecular complexity index is 943. The zero-order chi connectivity index (χ0) is 17.5. The van der Waals surface area contributed by atoms with Gasteiger partial charge >= 0.3 is 0 Å². The minimum absolute atomic E-state index is 0.0955. The molecule has 8 heteroatoms. The van der Waals surface area contributed by atoms with E-state index in [0.717, 1.165) is 11.1 Å². The van der Waals surface area contributed by atoms with E-state index in [1.807, 2.05) is 6.92 Å². The van der Waals surface area contributed by atoms with Gasteiger partial charge in [-0.15, -0.1) is 0 Å². The van der Waals surface area contributed by atoms with E-state index in [9.17, 15) is 13.2 Å². The normalized spacial score (nSPS) is 14.0. The van der Waals surface area contributed by atoms with E-state index in [-0.39, 0.29) is 15.8 Å². The molecule has 2 aromatic carbocycles. The van der Waals surface area contributed by atoms with Crippen LogP contribution in [-0.2, 0) is 21.2 Å². The minimum Gasteiger partial charge on any atom is -0.326 e. The van der Waals surface area contributed by atoms with Gasteiger partial charge in [-0.1, -0.05) is 29.3 Å². The molecule has 126 valence electrons. The largest absolute Gasteiger partial charge is 0.326 e. The molecule has 2 N–H and O–H groups in total. The summed E-state index contributed by atoms with van der Waals surface area (Å²) in [5.74, 6) is -0.147. The van der Waals surface area contributed by atoms with Crippen LogP contribution in [-0.4, -0.2) is 14.3 Å². The van der Waals surface area contributed by atoms with Crippen LogP contribution >= 0.6 is 23.2 Å². The van der Waals surface area contributed by atoms with Crippen LogP contribution in [0.25, 0.3) is 0 Å². The van der Waals surface area contributed by atoms with Crippen LogP contribution in [0.3, 0.4) is 0 Å². The van der Waals surface area contributed by atoms with Crippen LogP contribution < -0.4 is 10.0 Å². The van der Waals surface area contributed by atoms with Crippen molar-refractivity contribution >= 4 is 50.5 Å². The fourth-order valence-electron chi connectivity index (χ4n) is 2.45. The molecule has 1 heterocycles. The van der Waals surface area contributed by atoms with Crippen LogP contribution in [0.5, 0.6) is 0 Å². The summed E-state index contributed by atoms with van der Waals surface area (Å²) in [4.78, 5) is 11.4. The second-order valence-corrected chi connectivity index (χ2v) is 8.02. The molecule has 0 bridgehead atoms. The van der Waals surface area contributed by atoms with Crippen molar-refractivity contribution in [3.8, 4) is 0 Å². The van der Waals surface area contributed by atoms with Gasteiger partial charge in [-0.3, -0.25) is 9.52 Å². The fourth-order valence-corrected chi connectivity index (χ4v) is 4.26. The topological polar surface area (TPSA) is 75.3 Å². The molecule has 0 aliphatic carbocycles. The molecular formula is C16H14Cl2N2O3S. The van der Waals surface area contributed by atoms with E-state index in [4.69, 9.17) is 23.2 Å². The lowest BCUT2D eigenvalue weighted by atomic mass is 10.0. The van der Waals surface area contributed by atoms with Gasteiger partial charge in [0.25, 0.3) is 10.0 Å². The standard InChI is InChI=1S/C16H14Cl2N2O3S/c1-9-2-4-11(7-12(9)17)20-24(22,23)15-8-14-10(6-13(15)18)3-5-16(21)19-14/h2,4,6-8,20H,3,5H2,1H3,(H,19,21). The molecule has 24 heavy (non-hydrogen) atoms. The van der Waals surface area contributed by atoms with Crippen LogP contribution in [0.4, 0.5) is 11.4 Å². The SMILES string of the molecule is Cc1ccc(NS(=O)(=O)c2cc3c(cc2Cl)CCC(=O)N3)cc1Cl. The molecule has 2 aromatic rings. The maximum absolute atomic E-state index is 12.6. The number of sulfonamides is 1. The molecule has 0 spiro atoms. The van der Waals surface area contributed by atoms with Gasteiger partial charge in [-0.2, -0.15) is 0 Å². The number of hydrogen-bond donors (Lipinski definition) is 2. The number of anilines is 2. The average Bonchev–Trinajstić information content (AvgIpc) is 2.50. The Morgan fingerprint density at radius 3 is 2.54 bits per heavy atom. The Labute approximate surface area is 150 Å². The van der Waals surface area contributed by atoms with Gasteiger partial charge in [0.05, 0.1) is 10.7 Å². The number of carbonyl (C=O) groups is 1. The number of halogens is 2. The summed E-state index contributed by atoms with van der Waals surface area (Å²) in [6.07, 6.45) is 0.887. The molecule has 0 fully saturated rings. The summed E-state index contributed by atoms with van der Waals surface area (Å²) < 4.78 is 27.7. The van der Waals surface area contributed by atoms with Gasteiger partial charge in [0.15, 0.2) is 0 Å². The van der Waals surface area contributed by atoms with Crippen LogP contribution in [0.15, 0.2) is 35.2 Å². The quantitative estimate of drug-likeness (QED) is 0.839. The van der Waals surface area contributed by atoms with Gasteiger partial charge in [0.1, 0.15) is 4.90 Å². The Morgan fingerprint density at radius 1 is 1.08 bits per heavy atom. The van der Waals surface area contributed by atoms with Crippen LogP contribution in [0.1, 0.15) is 17.5 Å². The third-order valence-electron chi connectivity index (χ3n) is 3.77. The number of rotatable bonds is 3. The van der Waals surface area contributed by atoms with E-state index in [1.54, 1.807) is 18.2 Å². The van der Waals surface area contributed by atoms with E-state index < -0.39 is 10.0 Å². The van der Waals surface area contributed by atoms with Gasteiger partial charge in [-0.25, -0.2) is 8.42 Å². The molecule has 5 nitrogen and oxygen atoms in total. The van der Waals surface area contributed by atoms with E-state index >= 15 is 0 Å². The summed E-state index contributed by atoms with van der Waals surface area (Å²) in [5.41, 5.74) is 2.47. The number of amides is 1. The first-order valence-corrected chi connectivity index (χ1v) is 9.41. The maximum Gasteiger partial charge on any atom is 0.263 e. The van der Waals surface area contributed by atoms with Crippen molar-refractivity contribution in [1.82, 2.24) is 0 Å². The highest BCUT2D eigenvalue weighted by atomic mass is 35.5. The number of benzene rings is 2. The molecule has 0 atom stereocenters. The van der Waals surface area contributed by atoms with Gasteiger partial charge in [0.2, 0.25) is 5.91 Å². The predicted octanol–water partition coefficient (Wildman–Crippen LogP) is 3.99. The van der Waals surface area contributed by atoms with E-state index in [1.165, 1.54) is 12.1 Å². The molecule has 0 radical (unpaired) electrons. The lowest BCUT2D eigenvalue weighted by Gasteiger charge is -2.19. The Hall–Kier alpha value is -1.76. The first kappa shape index (κ1) is 17.1. The van der Waals surface area contributed by atoms with Crippen molar-refractivity contribution in [1.29, 1.82) is 0 Å². The lowest BCUT2D eigenvalue weighted by molar-refractivity contribution is -0.116. The predicted molar refractivity (Wildman–Crippen MR) is 95.4 cm³/mol. The zero-order valence-corrected chi connectivity index (χ0v) is 15.0. The highest BCUT2D eigenvalue weighted by molar-refractivity contribution is 7.92. The van der Waals surface area contributed by atoms with E-state index in [0.29, 0.717) is 29.2 Å².